The van der Waals surface area contributed by atoms with Crippen LogP contribution in [0, 0.1) is 0 Å². The smallest absolute Gasteiger partial charge is 0.230 e. The average molecular weight is 240 g/mol. The van der Waals surface area contributed by atoms with Crippen LogP contribution in [0.2, 0.25) is 0 Å². The Morgan fingerprint density at radius 1 is 1.28 bits per heavy atom. The fraction of sp³-hybridized carbons (Fsp3) is 0.0769. The van der Waals surface area contributed by atoms with Crippen molar-refractivity contribution >= 4 is 22.5 Å². The maximum atomic E-state index is 11.9. The second-order valence-corrected chi connectivity index (χ2v) is 4.05. The lowest BCUT2D eigenvalue weighted by Crippen LogP contribution is -2.14. The van der Waals surface area contributed by atoms with Gasteiger partial charge in [-0.15, -0.1) is 0 Å². The Hall–Kier alpha value is -2.56. The summed E-state index contributed by atoms with van der Waals surface area (Å²) >= 11 is 0. The van der Waals surface area contributed by atoms with Crippen molar-refractivity contribution < 1.29 is 4.79 Å². The van der Waals surface area contributed by atoms with Crippen molar-refractivity contribution in [2.75, 3.05) is 5.32 Å². The predicted molar refractivity (Wildman–Crippen MR) is 69.2 cm³/mol. The van der Waals surface area contributed by atoms with E-state index >= 15 is 0 Å². The molecule has 5 heteroatoms. The van der Waals surface area contributed by atoms with Crippen LogP contribution in [0.1, 0.15) is 5.69 Å². The molecular formula is C13H12N4O. The standard InChI is InChI=1S/C13H12N4O/c18-12(6-10-7-14-8-16-10)17-11-3-1-2-9-4-5-15-13(9)11/h1-5,7-8,15H,6H2,(H,14,16)(H,17,18). The third-order valence-electron chi connectivity index (χ3n) is 2.77. The number of para-hydroxylation sites is 1. The zero-order chi connectivity index (χ0) is 12.4. The van der Waals surface area contributed by atoms with Gasteiger partial charge in [0.1, 0.15) is 0 Å². The van der Waals surface area contributed by atoms with E-state index in [4.69, 9.17) is 0 Å². The SMILES string of the molecule is O=C(Cc1cnc[nH]1)Nc1cccc2cc[nH]c12. The number of hydrogen-bond donors (Lipinski definition) is 3. The molecule has 0 aliphatic carbocycles. The first-order valence-corrected chi connectivity index (χ1v) is 5.66. The zero-order valence-corrected chi connectivity index (χ0v) is 9.60. The van der Waals surface area contributed by atoms with Gasteiger partial charge in [0.15, 0.2) is 0 Å². The van der Waals surface area contributed by atoms with Gasteiger partial charge in [0, 0.05) is 23.5 Å². The number of carbonyl (C=O) groups excluding carboxylic acids is 1. The summed E-state index contributed by atoms with van der Waals surface area (Å²) in [6.45, 7) is 0. The quantitative estimate of drug-likeness (QED) is 0.655. The molecule has 1 amide bonds. The molecule has 0 fully saturated rings. The van der Waals surface area contributed by atoms with E-state index in [9.17, 15) is 4.79 Å². The van der Waals surface area contributed by atoms with Crippen LogP contribution in [0.5, 0.6) is 0 Å². The number of rotatable bonds is 3. The Kier molecular flexibility index (Phi) is 2.57. The molecule has 0 radical (unpaired) electrons. The van der Waals surface area contributed by atoms with Gasteiger partial charge in [0.2, 0.25) is 5.91 Å². The monoisotopic (exact) mass is 240 g/mol. The lowest BCUT2D eigenvalue weighted by Gasteiger charge is -2.05. The van der Waals surface area contributed by atoms with Crippen LogP contribution in [-0.4, -0.2) is 20.9 Å². The van der Waals surface area contributed by atoms with Gasteiger partial charge >= 0.3 is 0 Å². The van der Waals surface area contributed by atoms with Gasteiger partial charge in [-0.3, -0.25) is 4.79 Å². The van der Waals surface area contributed by atoms with Gasteiger partial charge in [-0.2, -0.15) is 0 Å². The van der Waals surface area contributed by atoms with Crippen LogP contribution < -0.4 is 5.32 Å². The van der Waals surface area contributed by atoms with Crippen LogP contribution in [0.4, 0.5) is 5.69 Å². The zero-order valence-electron chi connectivity index (χ0n) is 9.60. The third-order valence-corrected chi connectivity index (χ3v) is 2.77. The maximum absolute atomic E-state index is 11.9. The molecule has 3 rings (SSSR count). The number of aromatic nitrogens is 3. The van der Waals surface area contributed by atoms with E-state index < -0.39 is 0 Å². The largest absolute Gasteiger partial charge is 0.359 e. The molecule has 1 aromatic carbocycles. The van der Waals surface area contributed by atoms with Crippen molar-refractivity contribution in [3.63, 3.8) is 0 Å². The van der Waals surface area contributed by atoms with E-state index in [0.717, 1.165) is 22.3 Å². The van der Waals surface area contributed by atoms with Crippen molar-refractivity contribution in [1.82, 2.24) is 15.0 Å². The lowest BCUT2D eigenvalue weighted by molar-refractivity contribution is -0.115. The fourth-order valence-corrected chi connectivity index (χ4v) is 1.94. The Morgan fingerprint density at radius 2 is 2.22 bits per heavy atom. The van der Waals surface area contributed by atoms with Gasteiger partial charge in [0.05, 0.1) is 24.0 Å². The van der Waals surface area contributed by atoms with Crippen LogP contribution in [0.15, 0.2) is 43.0 Å². The molecule has 5 nitrogen and oxygen atoms in total. The van der Waals surface area contributed by atoms with Gasteiger partial charge in [-0.25, -0.2) is 4.98 Å². The molecule has 0 atom stereocenters. The van der Waals surface area contributed by atoms with Crippen molar-refractivity contribution in [3.05, 3.63) is 48.7 Å². The maximum Gasteiger partial charge on any atom is 0.230 e. The first-order valence-electron chi connectivity index (χ1n) is 5.66. The first kappa shape index (κ1) is 10.6. The van der Waals surface area contributed by atoms with Crippen LogP contribution in [0.25, 0.3) is 10.9 Å². The van der Waals surface area contributed by atoms with Crippen LogP contribution >= 0.6 is 0 Å². The molecule has 0 aliphatic heterocycles. The number of imidazole rings is 1. The highest BCUT2D eigenvalue weighted by Gasteiger charge is 2.07. The van der Waals surface area contributed by atoms with E-state index in [1.807, 2.05) is 30.5 Å². The number of carbonyl (C=O) groups is 1. The highest BCUT2D eigenvalue weighted by molar-refractivity contribution is 6.01. The van der Waals surface area contributed by atoms with E-state index in [1.165, 1.54) is 0 Å². The topological polar surface area (TPSA) is 73.6 Å². The summed E-state index contributed by atoms with van der Waals surface area (Å²) in [5.74, 6) is -0.0682. The minimum atomic E-state index is -0.0682. The summed E-state index contributed by atoms with van der Waals surface area (Å²) in [7, 11) is 0. The van der Waals surface area contributed by atoms with Crippen molar-refractivity contribution in [2.45, 2.75) is 6.42 Å². The second-order valence-electron chi connectivity index (χ2n) is 4.05. The summed E-state index contributed by atoms with van der Waals surface area (Å²) in [6, 6.07) is 7.77. The van der Waals surface area contributed by atoms with Crippen molar-refractivity contribution in [3.8, 4) is 0 Å². The fourth-order valence-electron chi connectivity index (χ4n) is 1.94. The number of hydrogen-bond acceptors (Lipinski definition) is 2. The van der Waals surface area contributed by atoms with Crippen LogP contribution in [0.3, 0.4) is 0 Å². The summed E-state index contributed by atoms with van der Waals surface area (Å²) in [5, 5.41) is 3.97. The summed E-state index contributed by atoms with van der Waals surface area (Å²) < 4.78 is 0. The van der Waals surface area contributed by atoms with Gasteiger partial charge in [0.25, 0.3) is 0 Å². The Balaban J connectivity index is 1.80. The Bertz CT molecular complexity index is 669. The minimum absolute atomic E-state index is 0.0682. The Morgan fingerprint density at radius 3 is 3.06 bits per heavy atom. The lowest BCUT2D eigenvalue weighted by atomic mass is 10.2. The molecule has 3 aromatic rings. The van der Waals surface area contributed by atoms with Gasteiger partial charge < -0.3 is 15.3 Å². The molecule has 90 valence electrons. The minimum Gasteiger partial charge on any atom is -0.359 e. The molecule has 3 N–H and O–H groups in total. The van der Waals surface area contributed by atoms with E-state index in [-0.39, 0.29) is 12.3 Å². The number of H-pyrrole nitrogens is 2. The molecule has 2 heterocycles. The van der Waals surface area contributed by atoms with Gasteiger partial charge in [-0.1, -0.05) is 12.1 Å². The molecule has 0 spiro atoms. The number of amides is 1. The third kappa shape index (κ3) is 1.98. The first-order chi connectivity index (χ1) is 8.83. The molecular weight excluding hydrogens is 228 g/mol. The molecule has 0 saturated carbocycles. The van der Waals surface area contributed by atoms with E-state index in [0.29, 0.717) is 0 Å². The number of benzene rings is 1. The summed E-state index contributed by atoms with van der Waals surface area (Å²) in [5.41, 5.74) is 2.53. The number of anilines is 1. The number of fused-ring (bicyclic) bond motifs is 1. The summed E-state index contributed by atoms with van der Waals surface area (Å²) in [6.07, 6.45) is 5.36. The number of nitrogens with zero attached hydrogens (tertiary/aromatic N) is 1. The van der Waals surface area contributed by atoms with E-state index in [2.05, 4.69) is 20.3 Å². The summed E-state index contributed by atoms with van der Waals surface area (Å²) in [4.78, 5) is 21.8. The van der Waals surface area contributed by atoms with Crippen molar-refractivity contribution in [1.29, 1.82) is 0 Å². The molecule has 0 bridgehead atoms. The molecule has 0 saturated heterocycles. The molecule has 0 unspecified atom stereocenters. The van der Waals surface area contributed by atoms with Crippen LogP contribution in [-0.2, 0) is 11.2 Å². The van der Waals surface area contributed by atoms with Crippen molar-refractivity contribution in [2.24, 2.45) is 0 Å². The number of nitrogens with one attached hydrogen (secondary N) is 3. The number of aromatic amines is 2. The van der Waals surface area contributed by atoms with Gasteiger partial charge in [-0.05, 0) is 12.1 Å². The van der Waals surface area contributed by atoms with E-state index in [1.54, 1.807) is 12.5 Å². The normalized spacial score (nSPS) is 10.7. The molecule has 0 aliphatic rings. The highest BCUT2D eigenvalue weighted by atomic mass is 16.1. The molecule has 2 aromatic heterocycles. The average Bonchev–Trinajstić information content (AvgIpc) is 2.99. The predicted octanol–water partition coefficient (Wildman–Crippen LogP) is 2.07. The second kappa shape index (κ2) is 4.37. The molecule has 18 heavy (non-hydrogen) atoms. The Labute approximate surface area is 103 Å². The highest BCUT2D eigenvalue weighted by Crippen LogP contribution is 2.21.